The van der Waals surface area contributed by atoms with Crippen molar-refractivity contribution in [3.05, 3.63) is 54.1 Å². The number of aromatic nitrogens is 2. The average Bonchev–Trinajstić information content (AvgIpc) is 2.37. The number of rotatable bonds is 4. The Kier molecular flexibility index (Phi) is 4.12. The maximum Gasteiger partial charge on any atom is 0.107 e. The first-order chi connectivity index (χ1) is 8.25. The van der Waals surface area contributed by atoms with Crippen LogP contribution in [0.4, 0.5) is 0 Å². The van der Waals surface area contributed by atoms with Crippen molar-refractivity contribution in [2.45, 2.75) is 17.9 Å². The molecule has 17 heavy (non-hydrogen) atoms. The standard InChI is InChI=1S/C13H14N2OS/c1-10-3-2-4-11(7-10)17-9-13(16)12-8-14-5-6-15-12/h2-8,13,16H,9H2,1H3. The summed E-state index contributed by atoms with van der Waals surface area (Å²) >= 11 is 1.62. The van der Waals surface area contributed by atoms with Crippen LogP contribution in [0.1, 0.15) is 17.4 Å². The Hall–Kier alpha value is -1.39. The van der Waals surface area contributed by atoms with E-state index in [0.717, 1.165) is 4.90 Å². The van der Waals surface area contributed by atoms with Crippen LogP contribution in [0.25, 0.3) is 0 Å². The molecule has 0 aliphatic heterocycles. The number of aliphatic hydroxyl groups is 1. The molecule has 0 saturated carbocycles. The van der Waals surface area contributed by atoms with Gasteiger partial charge in [0.2, 0.25) is 0 Å². The van der Waals surface area contributed by atoms with Gasteiger partial charge in [-0.1, -0.05) is 17.7 Å². The summed E-state index contributed by atoms with van der Waals surface area (Å²) in [6.45, 7) is 2.06. The van der Waals surface area contributed by atoms with E-state index in [9.17, 15) is 5.11 Å². The summed E-state index contributed by atoms with van der Waals surface area (Å²) in [5.41, 5.74) is 1.84. The van der Waals surface area contributed by atoms with E-state index in [4.69, 9.17) is 0 Å². The molecule has 1 heterocycles. The Balaban J connectivity index is 1.95. The van der Waals surface area contributed by atoms with Gasteiger partial charge in [-0.2, -0.15) is 0 Å². The Morgan fingerprint density at radius 2 is 2.24 bits per heavy atom. The molecule has 2 rings (SSSR count). The molecule has 0 aliphatic carbocycles. The monoisotopic (exact) mass is 246 g/mol. The number of hydrogen-bond acceptors (Lipinski definition) is 4. The van der Waals surface area contributed by atoms with Gasteiger partial charge in [0.1, 0.15) is 6.10 Å². The molecule has 0 fully saturated rings. The first-order valence-electron chi connectivity index (χ1n) is 5.39. The maximum absolute atomic E-state index is 9.93. The lowest BCUT2D eigenvalue weighted by molar-refractivity contribution is 0.198. The van der Waals surface area contributed by atoms with Crippen molar-refractivity contribution in [2.75, 3.05) is 5.75 Å². The van der Waals surface area contributed by atoms with Gasteiger partial charge in [-0.25, -0.2) is 0 Å². The normalized spacial score (nSPS) is 12.4. The highest BCUT2D eigenvalue weighted by atomic mass is 32.2. The first-order valence-corrected chi connectivity index (χ1v) is 6.38. The van der Waals surface area contributed by atoms with Gasteiger partial charge in [0.05, 0.1) is 11.9 Å². The van der Waals surface area contributed by atoms with Crippen molar-refractivity contribution >= 4 is 11.8 Å². The van der Waals surface area contributed by atoms with E-state index >= 15 is 0 Å². The molecule has 1 atom stereocenters. The summed E-state index contributed by atoms with van der Waals surface area (Å²) in [4.78, 5) is 9.19. The van der Waals surface area contributed by atoms with Gasteiger partial charge < -0.3 is 5.11 Å². The van der Waals surface area contributed by atoms with Crippen LogP contribution in [0.2, 0.25) is 0 Å². The van der Waals surface area contributed by atoms with Crippen molar-refractivity contribution in [1.29, 1.82) is 0 Å². The number of benzene rings is 1. The predicted molar refractivity (Wildman–Crippen MR) is 68.9 cm³/mol. The van der Waals surface area contributed by atoms with E-state index in [2.05, 4.69) is 29.0 Å². The highest BCUT2D eigenvalue weighted by molar-refractivity contribution is 7.99. The van der Waals surface area contributed by atoms with Crippen LogP contribution in [0, 0.1) is 6.92 Å². The van der Waals surface area contributed by atoms with Gasteiger partial charge in [-0.15, -0.1) is 11.8 Å². The van der Waals surface area contributed by atoms with E-state index in [1.807, 2.05) is 12.1 Å². The van der Waals surface area contributed by atoms with E-state index in [0.29, 0.717) is 11.4 Å². The number of aliphatic hydroxyl groups excluding tert-OH is 1. The average molecular weight is 246 g/mol. The summed E-state index contributed by atoms with van der Waals surface area (Å²) in [7, 11) is 0. The molecule has 1 N–H and O–H groups in total. The lowest BCUT2D eigenvalue weighted by Gasteiger charge is -2.09. The molecular weight excluding hydrogens is 232 g/mol. The predicted octanol–water partition coefficient (Wildman–Crippen LogP) is 2.61. The minimum absolute atomic E-state index is 0.575. The van der Waals surface area contributed by atoms with Gasteiger partial charge in [0, 0.05) is 23.0 Å². The molecule has 0 radical (unpaired) electrons. The van der Waals surface area contributed by atoms with Crippen molar-refractivity contribution in [2.24, 2.45) is 0 Å². The second-order valence-electron chi connectivity index (χ2n) is 3.77. The molecule has 0 aliphatic rings. The summed E-state index contributed by atoms with van der Waals surface area (Å²) < 4.78 is 0. The third-order valence-electron chi connectivity index (χ3n) is 2.32. The molecule has 1 aromatic heterocycles. The quantitative estimate of drug-likeness (QED) is 0.842. The third kappa shape index (κ3) is 3.54. The number of hydrogen-bond donors (Lipinski definition) is 1. The first kappa shape index (κ1) is 12.1. The highest BCUT2D eigenvalue weighted by Gasteiger charge is 2.09. The number of aryl methyl sites for hydroxylation is 1. The molecule has 2 aromatic rings. The summed E-state index contributed by atoms with van der Waals surface area (Å²) in [6, 6.07) is 8.23. The lowest BCUT2D eigenvalue weighted by Crippen LogP contribution is -2.03. The van der Waals surface area contributed by atoms with Gasteiger partial charge >= 0.3 is 0 Å². The summed E-state index contributed by atoms with van der Waals surface area (Å²) in [5, 5.41) is 9.93. The molecule has 0 bridgehead atoms. The van der Waals surface area contributed by atoms with E-state index in [1.165, 1.54) is 5.56 Å². The van der Waals surface area contributed by atoms with Crippen molar-refractivity contribution in [3.63, 3.8) is 0 Å². The minimum atomic E-state index is -0.575. The molecule has 1 aromatic carbocycles. The zero-order valence-corrected chi connectivity index (χ0v) is 10.4. The Bertz CT molecular complexity index is 476. The lowest BCUT2D eigenvalue weighted by atomic mass is 10.2. The second-order valence-corrected chi connectivity index (χ2v) is 4.87. The van der Waals surface area contributed by atoms with Crippen LogP contribution in [0.3, 0.4) is 0 Å². The van der Waals surface area contributed by atoms with Crippen LogP contribution in [-0.2, 0) is 0 Å². The smallest absolute Gasteiger partial charge is 0.107 e. The number of nitrogens with zero attached hydrogens (tertiary/aromatic N) is 2. The molecule has 88 valence electrons. The van der Waals surface area contributed by atoms with Crippen LogP contribution in [0.15, 0.2) is 47.8 Å². The molecule has 1 unspecified atom stereocenters. The number of thioether (sulfide) groups is 1. The highest BCUT2D eigenvalue weighted by Crippen LogP contribution is 2.24. The Labute approximate surface area is 105 Å². The fourth-order valence-electron chi connectivity index (χ4n) is 1.45. The summed E-state index contributed by atoms with van der Waals surface area (Å²) in [6.07, 6.45) is 4.22. The largest absolute Gasteiger partial charge is 0.386 e. The molecule has 4 heteroatoms. The second kappa shape index (κ2) is 5.80. The van der Waals surface area contributed by atoms with Gasteiger partial charge in [-0.05, 0) is 19.1 Å². The Morgan fingerprint density at radius 1 is 1.35 bits per heavy atom. The zero-order valence-electron chi connectivity index (χ0n) is 9.58. The van der Waals surface area contributed by atoms with Crippen molar-refractivity contribution in [3.8, 4) is 0 Å². The van der Waals surface area contributed by atoms with E-state index in [1.54, 1.807) is 30.4 Å². The third-order valence-corrected chi connectivity index (χ3v) is 3.39. The van der Waals surface area contributed by atoms with Crippen LogP contribution >= 0.6 is 11.8 Å². The van der Waals surface area contributed by atoms with Crippen LogP contribution < -0.4 is 0 Å². The fourth-order valence-corrected chi connectivity index (χ4v) is 2.41. The molecule has 3 nitrogen and oxygen atoms in total. The maximum atomic E-state index is 9.93. The fraction of sp³-hybridized carbons (Fsp3) is 0.231. The molecule has 0 amide bonds. The SMILES string of the molecule is Cc1cccc(SCC(O)c2cnccn2)c1. The van der Waals surface area contributed by atoms with Crippen molar-refractivity contribution < 1.29 is 5.11 Å². The minimum Gasteiger partial charge on any atom is -0.386 e. The molecule has 0 saturated heterocycles. The summed E-state index contributed by atoms with van der Waals surface area (Å²) in [5.74, 6) is 0.585. The Morgan fingerprint density at radius 3 is 2.94 bits per heavy atom. The van der Waals surface area contributed by atoms with Crippen LogP contribution in [0.5, 0.6) is 0 Å². The molecular formula is C13H14N2OS. The molecule has 0 spiro atoms. The van der Waals surface area contributed by atoms with Gasteiger partial charge in [-0.3, -0.25) is 9.97 Å². The van der Waals surface area contributed by atoms with E-state index in [-0.39, 0.29) is 0 Å². The van der Waals surface area contributed by atoms with E-state index < -0.39 is 6.10 Å². The van der Waals surface area contributed by atoms with Gasteiger partial charge in [0.15, 0.2) is 0 Å². The van der Waals surface area contributed by atoms with Gasteiger partial charge in [0.25, 0.3) is 0 Å². The topological polar surface area (TPSA) is 46.0 Å². The zero-order chi connectivity index (χ0) is 12.1. The van der Waals surface area contributed by atoms with Crippen molar-refractivity contribution in [1.82, 2.24) is 9.97 Å². The van der Waals surface area contributed by atoms with Crippen LogP contribution in [-0.4, -0.2) is 20.8 Å².